The molecule has 0 heterocycles. The molecule has 0 N–H and O–H groups in total. The van der Waals surface area contributed by atoms with Crippen LogP contribution in [-0.2, 0) is 4.79 Å². The van der Waals surface area contributed by atoms with Crippen LogP contribution in [0.15, 0.2) is 0 Å². The van der Waals surface area contributed by atoms with E-state index in [1.54, 1.807) is 0 Å². The SMILES string of the molecule is CC1(B(CCCC(=O)CCCCCCCCCCC#N)C2(C)CC3CC(C2)C3(C)C)CC2CC(C1)C2(C)C. The molecule has 0 aromatic carbocycles. The molecule has 4 bridgehead atoms. The molecule has 0 aliphatic heterocycles. The van der Waals surface area contributed by atoms with Crippen LogP contribution < -0.4 is 0 Å². The number of rotatable bonds is 16. The van der Waals surface area contributed by atoms with Gasteiger partial charge < -0.3 is 0 Å². The number of ketones is 1. The zero-order valence-corrected chi connectivity index (χ0v) is 26.2. The van der Waals surface area contributed by atoms with Crippen molar-refractivity contribution in [1.29, 1.82) is 5.26 Å². The van der Waals surface area contributed by atoms with Crippen LogP contribution in [-0.4, -0.2) is 12.5 Å². The Morgan fingerprint density at radius 3 is 1.47 bits per heavy atom. The molecule has 38 heavy (non-hydrogen) atoms. The van der Waals surface area contributed by atoms with Gasteiger partial charge in [0.05, 0.1) is 6.07 Å². The molecule has 6 fully saturated rings. The lowest BCUT2D eigenvalue weighted by Crippen LogP contribution is -2.60. The summed E-state index contributed by atoms with van der Waals surface area (Å²) in [4.78, 5) is 12.8. The van der Waals surface area contributed by atoms with Crippen LogP contribution in [0.5, 0.6) is 0 Å². The maximum atomic E-state index is 12.8. The molecule has 0 saturated heterocycles. The molecule has 6 aliphatic rings. The fourth-order valence-electron chi connectivity index (χ4n) is 10.4. The van der Waals surface area contributed by atoms with Gasteiger partial charge in [-0.15, -0.1) is 0 Å². The second-order valence-electron chi connectivity index (χ2n) is 16.5. The van der Waals surface area contributed by atoms with Crippen molar-refractivity contribution < 1.29 is 4.79 Å². The molecule has 0 aromatic rings. The first-order chi connectivity index (χ1) is 17.9. The monoisotopic (exact) mass is 521 g/mol. The standard InChI is InChI=1S/C35H60BNO/c1-32(2)27-21-28(32)24-34(5,23-27)36(35(6)25-29-22-30(26-35)33(29,3)4)19-16-18-31(38)17-14-12-10-8-7-9-11-13-15-20-37/h27-30H,7-19,21-26H2,1-6H3. The highest BCUT2D eigenvalue weighted by Gasteiger charge is 2.64. The third-order valence-corrected chi connectivity index (χ3v) is 13.3. The fourth-order valence-corrected chi connectivity index (χ4v) is 10.4. The summed E-state index contributed by atoms with van der Waals surface area (Å²) >= 11 is 0. The van der Waals surface area contributed by atoms with Gasteiger partial charge in [0.2, 0.25) is 0 Å². The number of hydrogen-bond donors (Lipinski definition) is 0. The summed E-state index contributed by atoms with van der Waals surface area (Å²) in [5.41, 5.74) is 1.13. The van der Waals surface area contributed by atoms with Gasteiger partial charge in [-0.25, -0.2) is 0 Å². The Balaban J connectivity index is 1.23. The van der Waals surface area contributed by atoms with Crippen molar-refractivity contribution >= 4 is 12.5 Å². The van der Waals surface area contributed by atoms with Gasteiger partial charge in [0.15, 0.2) is 6.71 Å². The Labute approximate surface area is 237 Å². The molecule has 6 saturated carbocycles. The Morgan fingerprint density at radius 2 is 1.05 bits per heavy atom. The van der Waals surface area contributed by atoms with E-state index in [-0.39, 0.29) is 0 Å². The number of nitriles is 1. The summed E-state index contributed by atoms with van der Waals surface area (Å²) < 4.78 is 0. The lowest BCUT2D eigenvalue weighted by atomic mass is 9.14. The fraction of sp³-hybridized carbons (Fsp3) is 0.943. The van der Waals surface area contributed by atoms with E-state index in [0.717, 1.165) is 62.5 Å². The summed E-state index contributed by atoms with van der Waals surface area (Å²) in [5, 5.41) is 9.56. The maximum absolute atomic E-state index is 12.8. The zero-order chi connectivity index (χ0) is 27.6. The number of nitrogens with zero attached hydrogens (tertiary/aromatic N) is 1. The maximum Gasteiger partial charge on any atom is 0.152 e. The number of hydrogen-bond acceptors (Lipinski definition) is 2. The number of unbranched alkanes of at least 4 members (excludes halogenated alkanes) is 8. The molecule has 6 rings (SSSR count). The molecular formula is C35H60BNO. The van der Waals surface area contributed by atoms with Crippen LogP contribution >= 0.6 is 0 Å². The van der Waals surface area contributed by atoms with Gasteiger partial charge in [-0.2, -0.15) is 5.26 Å². The topological polar surface area (TPSA) is 40.9 Å². The van der Waals surface area contributed by atoms with Crippen LogP contribution in [0, 0.1) is 45.8 Å². The van der Waals surface area contributed by atoms with Crippen LogP contribution in [0.3, 0.4) is 0 Å². The van der Waals surface area contributed by atoms with E-state index in [9.17, 15) is 4.79 Å². The number of fused-ring (bicyclic) bond motifs is 4. The predicted octanol–water partition coefficient (Wildman–Crippen LogP) is 10.7. The normalized spacial score (nSPS) is 36.0. The molecule has 2 nitrogen and oxygen atoms in total. The van der Waals surface area contributed by atoms with Gasteiger partial charge in [-0.05, 0) is 60.2 Å². The van der Waals surface area contributed by atoms with Gasteiger partial charge in [-0.1, -0.05) is 129 Å². The van der Waals surface area contributed by atoms with Crippen LogP contribution in [0.2, 0.25) is 16.9 Å². The van der Waals surface area contributed by atoms with Gasteiger partial charge in [-0.3, -0.25) is 4.79 Å². The van der Waals surface area contributed by atoms with Crippen LogP contribution in [0.1, 0.15) is 157 Å². The molecule has 4 unspecified atom stereocenters. The van der Waals surface area contributed by atoms with E-state index in [1.807, 2.05) is 0 Å². The predicted molar refractivity (Wildman–Crippen MR) is 163 cm³/mol. The zero-order valence-electron chi connectivity index (χ0n) is 26.2. The molecule has 214 valence electrons. The smallest absolute Gasteiger partial charge is 0.152 e. The van der Waals surface area contributed by atoms with Gasteiger partial charge in [0.1, 0.15) is 5.78 Å². The molecule has 0 aromatic heterocycles. The number of carbonyl (C=O) groups excluding carboxylic acids is 1. The Bertz CT molecular complexity index is 780. The second kappa shape index (κ2) is 12.0. The lowest BCUT2D eigenvalue weighted by Gasteiger charge is -2.68. The summed E-state index contributed by atoms with van der Waals surface area (Å²) in [6.45, 7) is 16.3. The average molecular weight is 522 g/mol. The lowest BCUT2D eigenvalue weighted by molar-refractivity contribution is -0.119. The Hall–Kier alpha value is -0.775. The third kappa shape index (κ3) is 6.25. The largest absolute Gasteiger partial charge is 0.300 e. The molecule has 0 radical (unpaired) electrons. The first-order valence-corrected chi connectivity index (χ1v) is 16.8. The second-order valence-corrected chi connectivity index (χ2v) is 16.5. The first-order valence-electron chi connectivity index (χ1n) is 16.8. The minimum absolute atomic E-state index is 0.476. The summed E-state index contributed by atoms with van der Waals surface area (Å²) in [5.74, 6) is 4.21. The highest BCUT2D eigenvalue weighted by atomic mass is 16.1. The van der Waals surface area contributed by atoms with E-state index in [1.165, 1.54) is 83.4 Å². The van der Waals surface area contributed by atoms with E-state index < -0.39 is 0 Å². The molecule has 6 aliphatic carbocycles. The Morgan fingerprint density at radius 1 is 0.658 bits per heavy atom. The highest BCUT2D eigenvalue weighted by molar-refractivity contribution is 6.65. The van der Waals surface area contributed by atoms with Crippen molar-refractivity contribution in [3.8, 4) is 6.07 Å². The Kier molecular flexibility index (Phi) is 9.53. The van der Waals surface area contributed by atoms with E-state index in [4.69, 9.17) is 5.26 Å². The van der Waals surface area contributed by atoms with Crippen molar-refractivity contribution in [2.75, 3.05) is 0 Å². The van der Waals surface area contributed by atoms with Crippen molar-refractivity contribution in [3.05, 3.63) is 0 Å². The number of Topliss-reactive ketones (excluding diaryl/α,β-unsaturated/α-hetero) is 1. The van der Waals surface area contributed by atoms with Crippen LogP contribution in [0.25, 0.3) is 0 Å². The minimum atomic E-state index is 0.476. The van der Waals surface area contributed by atoms with Crippen molar-refractivity contribution in [2.24, 2.45) is 34.5 Å². The third-order valence-electron chi connectivity index (χ3n) is 13.3. The van der Waals surface area contributed by atoms with E-state index in [2.05, 4.69) is 47.6 Å². The number of carbonyl (C=O) groups is 1. The molecular weight excluding hydrogens is 461 g/mol. The van der Waals surface area contributed by atoms with Gasteiger partial charge in [0, 0.05) is 19.3 Å². The van der Waals surface area contributed by atoms with Crippen molar-refractivity contribution in [1.82, 2.24) is 0 Å². The van der Waals surface area contributed by atoms with Crippen molar-refractivity contribution in [2.45, 2.75) is 174 Å². The van der Waals surface area contributed by atoms with Gasteiger partial charge in [0.25, 0.3) is 0 Å². The quantitative estimate of drug-likeness (QED) is 0.150. The molecule has 3 heteroatoms. The highest BCUT2D eigenvalue weighted by Crippen LogP contribution is 2.74. The van der Waals surface area contributed by atoms with Gasteiger partial charge >= 0.3 is 0 Å². The van der Waals surface area contributed by atoms with E-state index >= 15 is 0 Å². The minimum Gasteiger partial charge on any atom is -0.300 e. The molecule has 0 spiro atoms. The van der Waals surface area contributed by atoms with Crippen molar-refractivity contribution in [3.63, 3.8) is 0 Å². The summed E-state index contributed by atoms with van der Waals surface area (Å²) in [6, 6.07) is 2.24. The summed E-state index contributed by atoms with van der Waals surface area (Å²) in [6.07, 6.45) is 23.1. The van der Waals surface area contributed by atoms with Crippen LogP contribution in [0.4, 0.5) is 0 Å². The molecule has 4 atom stereocenters. The molecule has 0 amide bonds. The summed E-state index contributed by atoms with van der Waals surface area (Å²) in [7, 11) is 0. The first kappa shape index (κ1) is 30.2. The average Bonchev–Trinajstić information content (AvgIpc) is 2.87. The van der Waals surface area contributed by atoms with E-state index in [0.29, 0.717) is 33.7 Å².